The van der Waals surface area contributed by atoms with Crippen molar-refractivity contribution in [2.24, 2.45) is 0 Å². The van der Waals surface area contributed by atoms with Gasteiger partial charge in [-0.3, -0.25) is 0 Å². The van der Waals surface area contributed by atoms with E-state index in [1.165, 1.54) is 0 Å². The molecule has 1 radical (unpaired) electrons. The van der Waals surface area contributed by atoms with E-state index >= 15 is 0 Å². The fraction of sp³-hybridized carbons (Fsp3) is 0.250. The van der Waals surface area contributed by atoms with Crippen molar-refractivity contribution in [1.82, 2.24) is 0 Å². The topological polar surface area (TPSA) is 0 Å². The van der Waals surface area contributed by atoms with Gasteiger partial charge in [0, 0.05) is 0 Å². The summed E-state index contributed by atoms with van der Waals surface area (Å²) in [5, 5.41) is -3.22. The molecule has 0 rings (SSSR count). The molecule has 0 saturated heterocycles. The molecule has 0 aromatic heterocycles. The number of hydrogen-bond donors (Lipinski definition) is 0. The summed E-state index contributed by atoms with van der Waals surface area (Å²) in [6, 6.07) is 0. The highest BCUT2D eigenvalue weighted by molar-refractivity contribution is 6.22. The van der Waals surface area contributed by atoms with Crippen molar-refractivity contribution in [3.8, 4) is 0 Å². The van der Waals surface area contributed by atoms with Crippen LogP contribution in [0, 0.1) is 6.92 Å². The molecule has 7 heavy (non-hydrogen) atoms. The normalized spacial score (nSPS) is 13.1. The molecule has 0 aliphatic carbocycles. The Bertz CT molecular complexity index is 72.2. The van der Waals surface area contributed by atoms with E-state index in [1.54, 1.807) is 0 Å². The predicted octanol–water partition coefficient (Wildman–Crippen LogP) is 2.21. The summed E-state index contributed by atoms with van der Waals surface area (Å²) >= 11 is 4.37. The first-order valence-electron chi connectivity index (χ1n) is 1.60. The minimum atomic E-state index is -3.22. The van der Waals surface area contributed by atoms with Crippen LogP contribution in [0.5, 0.6) is 0 Å². The van der Waals surface area contributed by atoms with E-state index in [1.807, 2.05) is 0 Å². The Morgan fingerprint density at radius 2 is 2.00 bits per heavy atom. The van der Waals surface area contributed by atoms with Crippen LogP contribution in [0.4, 0.5) is 8.78 Å². The van der Waals surface area contributed by atoms with Gasteiger partial charge in [0.15, 0.2) is 0 Å². The molecule has 0 atom stereocenters. The van der Waals surface area contributed by atoms with Gasteiger partial charge in [-0.2, -0.15) is 8.78 Å². The van der Waals surface area contributed by atoms with Crippen molar-refractivity contribution in [2.45, 2.75) is 5.38 Å². The largest absolute Gasteiger partial charge is 0.341 e. The van der Waals surface area contributed by atoms with Crippen molar-refractivity contribution in [3.05, 3.63) is 19.1 Å². The standard InChI is InChI=1S/C4H4ClF2/c1-2-3-4(5,6)7/h2-3H,1H2. The maximum Gasteiger partial charge on any atom is 0.341 e. The van der Waals surface area contributed by atoms with Crippen LogP contribution in [0.2, 0.25) is 0 Å². The SMILES string of the molecule is [CH2]C=CC(F)(F)Cl. The summed E-state index contributed by atoms with van der Waals surface area (Å²) in [5.74, 6) is 0. The molecule has 0 aromatic rings. The lowest BCUT2D eigenvalue weighted by atomic mass is 10.5. The van der Waals surface area contributed by atoms with Gasteiger partial charge >= 0.3 is 5.38 Å². The number of halogens is 3. The average molecular weight is 126 g/mol. The van der Waals surface area contributed by atoms with E-state index in [2.05, 4.69) is 18.5 Å². The van der Waals surface area contributed by atoms with Crippen molar-refractivity contribution in [2.75, 3.05) is 0 Å². The van der Waals surface area contributed by atoms with Crippen molar-refractivity contribution >= 4 is 11.6 Å². The maximum absolute atomic E-state index is 11.4. The molecule has 0 nitrogen and oxygen atoms in total. The first kappa shape index (κ1) is 6.89. The minimum Gasteiger partial charge on any atom is -0.184 e. The van der Waals surface area contributed by atoms with Crippen molar-refractivity contribution < 1.29 is 8.78 Å². The van der Waals surface area contributed by atoms with Gasteiger partial charge < -0.3 is 0 Å². The lowest BCUT2D eigenvalue weighted by Gasteiger charge is -1.95. The zero-order valence-corrected chi connectivity index (χ0v) is 4.25. The van der Waals surface area contributed by atoms with Crippen LogP contribution in [-0.4, -0.2) is 5.38 Å². The van der Waals surface area contributed by atoms with Crippen LogP contribution >= 0.6 is 11.6 Å². The van der Waals surface area contributed by atoms with Gasteiger partial charge in [-0.05, 0) is 24.6 Å². The Kier molecular flexibility index (Phi) is 2.23. The molecule has 0 heterocycles. The van der Waals surface area contributed by atoms with E-state index in [0.29, 0.717) is 6.08 Å². The molecule has 3 heteroatoms. The number of alkyl halides is 3. The number of rotatable bonds is 1. The van der Waals surface area contributed by atoms with E-state index in [0.717, 1.165) is 6.08 Å². The van der Waals surface area contributed by atoms with E-state index < -0.39 is 5.38 Å². The van der Waals surface area contributed by atoms with Gasteiger partial charge in [0.1, 0.15) is 0 Å². The Labute approximate surface area is 45.8 Å². The van der Waals surface area contributed by atoms with Gasteiger partial charge in [0.05, 0.1) is 0 Å². The second kappa shape index (κ2) is 2.26. The van der Waals surface area contributed by atoms with Gasteiger partial charge in [0.25, 0.3) is 0 Å². The summed E-state index contributed by atoms with van der Waals surface area (Å²) in [6.45, 7) is 3.03. The first-order chi connectivity index (χ1) is 3.06. The molecule has 0 saturated carbocycles. The fourth-order valence-electron chi connectivity index (χ4n) is 0.134. The van der Waals surface area contributed by atoms with Crippen LogP contribution in [0.1, 0.15) is 0 Å². The molecule has 0 fully saturated rings. The highest BCUT2D eigenvalue weighted by atomic mass is 35.5. The highest BCUT2D eigenvalue weighted by Gasteiger charge is 2.17. The van der Waals surface area contributed by atoms with Crippen LogP contribution in [-0.2, 0) is 0 Å². The quantitative estimate of drug-likeness (QED) is 0.472. The Balaban J connectivity index is 3.56. The van der Waals surface area contributed by atoms with E-state index in [-0.39, 0.29) is 0 Å². The summed E-state index contributed by atoms with van der Waals surface area (Å²) in [7, 11) is 0. The molecule has 0 amide bonds. The molecular weight excluding hydrogens is 121 g/mol. The van der Waals surface area contributed by atoms with E-state index in [9.17, 15) is 8.78 Å². The summed E-state index contributed by atoms with van der Waals surface area (Å²) in [5.41, 5.74) is 0. The lowest BCUT2D eigenvalue weighted by molar-refractivity contribution is 0.153. The van der Waals surface area contributed by atoms with Gasteiger partial charge in [-0.15, -0.1) is 0 Å². The maximum atomic E-state index is 11.4. The van der Waals surface area contributed by atoms with Crippen LogP contribution in [0.25, 0.3) is 0 Å². The predicted molar refractivity (Wildman–Crippen MR) is 25.3 cm³/mol. The highest BCUT2D eigenvalue weighted by Crippen LogP contribution is 2.19. The fourth-order valence-corrected chi connectivity index (χ4v) is 0.223. The summed E-state index contributed by atoms with van der Waals surface area (Å²) < 4.78 is 22.7. The average Bonchev–Trinajstić information content (AvgIpc) is 1.30. The number of allylic oxidation sites excluding steroid dienone is 2. The Morgan fingerprint density at radius 3 is 2.00 bits per heavy atom. The third-order valence-corrected chi connectivity index (χ3v) is 0.433. The molecular formula is C4H4ClF2. The zero-order chi connectivity index (χ0) is 5.91. The Hall–Kier alpha value is -0.110. The third kappa shape index (κ3) is 5.89. The molecule has 0 aromatic carbocycles. The molecule has 0 N–H and O–H groups in total. The first-order valence-corrected chi connectivity index (χ1v) is 1.98. The van der Waals surface area contributed by atoms with Gasteiger partial charge in [0.2, 0.25) is 0 Å². The van der Waals surface area contributed by atoms with Crippen LogP contribution < -0.4 is 0 Å². The summed E-state index contributed by atoms with van der Waals surface area (Å²) in [4.78, 5) is 0. The molecule has 41 valence electrons. The third-order valence-electron chi connectivity index (χ3n) is 0.307. The lowest BCUT2D eigenvalue weighted by Crippen LogP contribution is -1.97. The zero-order valence-electron chi connectivity index (χ0n) is 3.50. The van der Waals surface area contributed by atoms with Crippen molar-refractivity contribution in [1.29, 1.82) is 0 Å². The van der Waals surface area contributed by atoms with Crippen molar-refractivity contribution in [3.63, 3.8) is 0 Å². The Morgan fingerprint density at radius 1 is 1.57 bits per heavy atom. The summed E-state index contributed by atoms with van der Waals surface area (Å²) in [6.07, 6.45) is 1.46. The monoisotopic (exact) mass is 125 g/mol. The molecule has 0 aliphatic rings. The second-order valence-electron chi connectivity index (χ2n) is 0.944. The molecule has 0 bridgehead atoms. The number of hydrogen-bond acceptors (Lipinski definition) is 0. The molecule has 0 spiro atoms. The smallest absolute Gasteiger partial charge is 0.184 e. The second-order valence-corrected chi connectivity index (χ2v) is 1.45. The van der Waals surface area contributed by atoms with E-state index in [4.69, 9.17) is 0 Å². The van der Waals surface area contributed by atoms with Crippen LogP contribution in [0.3, 0.4) is 0 Å². The van der Waals surface area contributed by atoms with Crippen LogP contribution in [0.15, 0.2) is 12.2 Å². The minimum absolute atomic E-state index is 0.508. The van der Waals surface area contributed by atoms with Gasteiger partial charge in [-0.25, -0.2) is 0 Å². The molecule has 0 aliphatic heterocycles. The van der Waals surface area contributed by atoms with Gasteiger partial charge in [-0.1, -0.05) is 6.08 Å². The molecule has 0 unspecified atom stereocenters.